The van der Waals surface area contributed by atoms with E-state index in [9.17, 15) is 9.59 Å². The molecule has 0 aromatic carbocycles. The Morgan fingerprint density at radius 1 is 1.10 bits per heavy atom. The van der Waals surface area contributed by atoms with Crippen molar-refractivity contribution in [3.05, 3.63) is 55.9 Å². The van der Waals surface area contributed by atoms with Crippen LogP contribution >= 0.6 is 0 Å². The monoisotopic (exact) mass is 284 g/mol. The maximum Gasteiger partial charge on any atom is 0.257 e. The smallest absolute Gasteiger partial charge is 0.257 e. The molecule has 2 heterocycles. The quantitative estimate of drug-likeness (QED) is 0.829. The van der Waals surface area contributed by atoms with E-state index in [1.807, 2.05) is 0 Å². The second kappa shape index (κ2) is 4.65. The summed E-state index contributed by atoms with van der Waals surface area (Å²) in [4.78, 5) is 35.8. The fourth-order valence-corrected chi connectivity index (χ4v) is 3.47. The first-order valence-electron chi connectivity index (χ1n) is 7.38. The Morgan fingerprint density at radius 3 is 2.86 bits per heavy atom. The van der Waals surface area contributed by atoms with Gasteiger partial charge < -0.3 is 4.98 Å². The minimum Gasteiger partial charge on any atom is -0.313 e. The predicted octanol–water partition coefficient (Wildman–Crippen LogP) is 0.545. The molecule has 6 heteroatoms. The van der Waals surface area contributed by atoms with E-state index < -0.39 is 0 Å². The molecule has 2 aliphatic rings. The van der Waals surface area contributed by atoms with E-state index in [0.717, 1.165) is 49.1 Å². The maximum atomic E-state index is 12.6. The average Bonchev–Trinajstić information content (AvgIpc) is 2.97. The van der Waals surface area contributed by atoms with Gasteiger partial charge in [0.2, 0.25) is 0 Å². The molecule has 2 aromatic rings. The molecule has 0 bridgehead atoms. The van der Waals surface area contributed by atoms with E-state index in [-0.39, 0.29) is 17.2 Å². The van der Waals surface area contributed by atoms with Crippen LogP contribution in [0, 0.1) is 0 Å². The van der Waals surface area contributed by atoms with Crippen LogP contribution in [-0.2, 0) is 25.7 Å². The third-order valence-corrected chi connectivity index (χ3v) is 4.61. The number of H-pyrrole nitrogens is 1. The molecule has 21 heavy (non-hydrogen) atoms. The summed E-state index contributed by atoms with van der Waals surface area (Å²) in [7, 11) is 0. The Balaban J connectivity index is 1.75. The van der Waals surface area contributed by atoms with Gasteiger partial charge in [0, 0.05) is 23.6 Å². The summed E-state index contributed by atoms with van der Waals surface area (Å²) in [5.74, 6) is 0. The zero-order valence-corrected chi connectivity index (χ0v) is 11.6. The number of hydrogen-bond acceptors (Lipinski definition) is 4. The highest BCUT2D eigenvalue weighted by atomic mass is 16.1. The summed E-state index contributed by atoms with van der Waals surface area (Å²) in [6.07, 6.45) is 7.96. The van der Waals surface area contributed by atoms with E-state index in [2.05, 4.69) is 15.0 Å². The molecule has 1 atom stereocenters. The fourth-order valence-electron chi connectivity index (χ4n) is 3.47. The van der Waals surface area contributed by atoms with E-state index in [4.69, 9.17) is 0 Å². The van der Waals surface area contributed by atoms with Gasteiger partial charge in [-0.2, -0.15) is 0 Å². The number of hydrogen-bond donors (Lipinski definition) is 1. The van der Waals surface area contributed by atoms with Crippen LogP contribution in [0.1, 0.15) is 41.4 Å². The Morgan fingerprint density at radius 2 is 1.95 bits per heavy atom. The number of rotatable bonds is 1. The van der Waals surface area contributed by atoms with Gasteiger partial charge in [-0.15, -0.1) is 0 Å². The SMILES string of the molecule is O=c1[nH]cnc2c1CC(n1cnc3c(c1=O)CCC3)CC2. The Bertz CT molecular complexity index is 821. The van der Waals surface area contributed by atoms with E-state index in [1.165, 1.54) is 6.33 Å². The van der Waals surface area contributed by atoms with Gasteiger partial charge in [-0.25, -0.2) is 9.97 Å². The number of fused-ring (bicyclic) bond motifs is 2. The predicted molar refractivity (Wildman–Crippen MR) is 76.4 cm³/mol. The third kappa shape index (κ3) is 1.93. The van der Waals surface area contributed by atoms with Crippen molar-refractivity contribution in [1.29, 1.82) is 0 Å². The third-order valence-electron chi connectivity index (χ3n) is 4.61. The molecule has 0 spiro atoms. The topological polar surface area (TPSA) is 80.6 Å². The van der Waals surface area contributed by atoms with Crippen LogP contribution in [0.2, 0.25) is 0 Å². The molecule has 0 radical (unpaired) electrons. The maximum absolute atomic E-state index is 12.6. The Kier molecular flexibility index (Phi) is 2.77. The minimum atomic E-state index is -0.0909. The van der Waals surface area contributed by atoms with Gasteiger partial charge in [-0.3, -0.25) is 14.2 Å². The van der Waals surface area contributed by atoms with Gasteiger partial charge in [0.1, 0.15) is 0 Å². The molecular formula is C15H16N4O2. The molecule has 4 rings (SSSR count). The van der Waals surface area contributed by atoms with Crippen LogP contribution in [-0.4, -0.2) is 19.5 Å². The molecule has 6 nitrogen and oxygen atoms in total. The fraction of sp³-hybridized carbons (Fsp3) is 0.467. The van der Waals surface area contributed by atoms with Gasteiger partial charge >= 0.3 is 0 Å². The van der Waals surface area contributed by atoms with Crippen LogP contribution < -0.4 is 11.1 Å². The van der Waals surface area contributed by atoms with Crippen molar-refractivity contribution < 1.29 is 0 Å². The van der Waals surface area contributed by atoms with Gasteiger partial charge in [0.25, 0.3) is 11.1 Å². The molecule has 1 unspecified atom stereocenters. The number of aromatic amines is 1. The molecule has 108 valence electrons. The molecule has 0 fully saturated rings. The highest BCUT2D eigenvalue weighted by molar-refractivity contribution is 5.24. The van der Waals surface area contributed by atoms with E-state index >= 15 is 0 Å². The van der Waals surface area contributed by atoms with Crippen molar-refractivity contribution >= 4 is 0 Å². The van der Waals surface area contributed by atoms with E-state index in [0.29, 0.717) is 12.0 Å². The molecule has 2 aromatic heterocycles. The van der Waals surface area contributed by atoms with Crippen molar-refractivity contribution in [2.75, 3.05) is 0 Å². The zero-order valence-electron chi connectivity index (χ0n) is 11.6. The molecule has 1 N–H and O–H groups in total. The molecule has 0 saturated heterocycles. The molecular weight excluding hydrogens is 268 g/mol. The van der Waals surface area contributed by atoms with E-state index in [1.54, 1.807) is 10.9 Å². The van der Waals surface area contributed by atoms with Crippen molar-refractivity contribution in [3.8, 4) is 0 Å². The molecule has 0 aliphatic heterocycles. The summed E-state index contributed by atoms with van der Waals surface area (Å²) in [5.41, 5.74) is 3.37. The standard InChI is InChI=1S/C15H16N4O2/c20-14-11-6-9(4-5-13(11)16-7-17-14)19-8-18-12-3-1-2-10(12)15(19)21/h7-9H,1-6H2,(H,16,17,20). The van der Waals surface area contributed by atoms with Crippen molar-refractivity contribution in [2.45, 2.75) is 44.6 Å². The second-order valence-corrected chi connectivity index (χ2v) is 5.79. The zero-order chi connectivity index (χ0) is 14.4. The number of aryl methyl sites for hydroxylation is 2. The Labute approximate surface area is 120 Å². The lowest BCUT2D eigenvalue weighted by molar-refractivity contribution is 0.417. The van der Waals surface area contributed by atoms with Gasteiger partial charge in [-0.1, -0.05) is 0 Å². The van der Waals surface area contributed by atoms with Gasteiger partial charge in [0.15, 0.2) is 0 Å². The number of nitrogens with one attached hydrogen (secondary N) is 1. The summed E-state index contributed by atoms with van der Waals surface area (Å²) in [6, 6.07) is 0.00806. The molecule has 2 aliphatic carbocycles. The first-order valence-corrected chi connectivity index (χ1v) is 7.38. The highest BCUT2D eigenvalue weighted by Crippen LogP contribution is 2.25. The summed E-state index contributed by atoms with van der Waals surface area (Å²) < 4.78 is 1.72. The minimum absolute atomic E-state index is 0.00806. The largest absolute Gasteiger partial charge is 0.313 e. The summed E-state index contributed by atoms with van der Waals surface area (Å²) in [6.45, 7) is 0. The summed E-state index contributed by atoms with van der Waals surface area (Å²) in [5, 5.41) is 0. The highest BCUT2D eigenvalue weighted by Gasteiger charge is 2.26. The number of aromatic nitrogens is 4. The first kappa shape index (κ1) is 12.5. The van der Waals surface area contributed by atoms with Crippen LogP contribution in [0.5, 0.6) is 0 Å². The van der Waals surface area contributed by atoms with Crippen LogP contribution in [0.4, 0.5) is 0 Å². The molecule has 0 amide bonds. The van der Waals surface area contributed by atoms with Gasteiger partial charge in [-0.05, 0) is 32.1 Å². The normalized spacial score (nSPS) is 20.1. The van der Waals surface area contributed by atoms with Crippen LogP contribution in [0.3, 0.4) is 0 Å². The van der Waals surface area contributed by atoms with Crippen LogP contribution in [0.15, 0.2) is 22.2 Å². The molecule has 0 saturated carbocycles. The summed E-state index contributed by atoms with van der Waals surface area (Å²) >= 11 is 0. The van der Waals surface area contributed by atoms with Crippen LogP contribution in [0.25, 0.3) is 0 Å². The first-order chi connectivity index (χ1) is 10.2. The van der Waals surface area contributed by atoms with Crippen molar-refractivity contribution in [1.82, 2.24) is 19.5 Å². The lowest BCUT2D eigenvalue weighted by Gasteiger charge is -2.25. The van der Waals surface area contributed by atoms with Crippen molar-refractivity contribution in [2.24, 2.45) is 0 Å². The van der Waals surface area contributed by atoms with Crippen molar-refractivity contribution in [3.63, 3.8) is 0 Å². The Hall–Kier alpha value is -2.24. The average molecular weight is 284 g/mol. The lowest BCUT2D eigenvalue weighted by atomic mass is 9.92. The lowest BCUT2D eigenvalue weighted by Crippen LogP contribution is -2.33. The second-order valence-electron chi connectivity index (χ2n) is 5.79. The number of nitrogens with zero attached hydrogens (tertiary/aromatic N) is 3. The van der Waals surface area contributed by atoms with Gasteiger partial charge in [0.05, 0.1) is 24.0 Å².